The van der Waals surface area contributed by atoms with E-state index in [2.05, 4.69) is 6.92 Å². The smallest absolute Gasteiger partial charge is 0.184 e. The third kappa shape index (κ3) is 1.53. The van der Waals surface area contributed by atoms with Crippen LogP contribution in [0.2, 0.25) is 0 Å². The molecule has 1 saturated carbocycles. The Morgan fingerprint density at radius 2 is 1.74 bits per heavy atom. The maximum atomic E-state index is 12.2. The zero-order valence-electron chi connectivity index (χ0n) is 11.7. The average Bonchev–Trinajstić information content (AvgIpc) is 2.79. The van der Waals surface area contributed by atoms with Crippen LogP contribution in [0.15, 0.2) is 11.6 Å². The van der Waals surface area contributed by atoms with Gasteiger partial charge in [-0.15, -0.1) is 0 Å². The molecule has 3 rings (SSSR count). The van der Waals surface area contributed by atoms with E-state index in [1.54, 1.807) is 6.08 Å². The zero-order chi connectivity index (χ0) is 13.9. The van der Waals surface area contributed by atoms with Gasteiger partial charge in [0.1, 0.15) is 5.78 Å². The van der Waals surface area contributed by atoms with Gasteiger partial charge in [0.25, 0.3) is 0 Å². The summed E-state index contributed by atoms with van der Waals surface area (Å²) >= 11 is 0. The summed E-state index contributed by atoms with van der Waals surface area (Å²) in [5.74, 6) is -0.664. The van der Waals surface area contributed by atoms with Crippen molar-refractivity contribution in [3.05, 3.63) is 11.6 Å². The van der Waals surface area contributed by atoms with Crippen molar-refractivity contribution in [1.82, 2.24) is 0 Å². The Balaban J connectivity index is 2.16. The maximum absolute atomic E-state index is 12.2. The zero-order valence-corrected chi connectivity index (χ0v) is 11.7. The van der Waals surface area contributed by atoms with Crippen LogP contribution in [0.25, 0.3) is 0 Å². The van der Waals surface area contributed by atoms with Gasteiger partial charge in [0.05, 0.1) is 19.6 Å². The highest BCUT2D eigenvalue weighted by molar-refractivity contribution is 5.97. The molecular formula is C15H20O4. The van der Waals surface area contributed by atoms with E-state index in [1.807, 2.05) is 13.8 Å². The van der Waals surface area contributed by atoms with Gasteiger partial charge in [-0.1, -0.05) is 6.92 Å². The Bertz CT molecular complexity index is 482. The first kappa shape index (κ1) is 13.0. The summed E-state index contributed by atoms with van der Waals surface area (Å²) in [5, 5.41) is 0. The highest BCUT2D eigenvalue weighted by atomic mass is 16.7. The molecular weight excluding hydrogens is 244 g/mol. The van der Waals surface area contributed by atoms with E-state index in [0.717, 1.165) is 5.57 Å². The van der Waals surface area contributed by atoms with Gasteiger partial charge in [0, 0.05) is 17.3 Å². The number of fused-ring (bicyclic) bond motifs is 2. The normalized spacial score (nSPS) is 36.3. The van der Waals surface area contributed by atoms with Gasteiger partial charge in [0.2, 0.25) is 0 Å². The fourth-order valence-electron chi connectivity index (χ4n) is 3.90. The molecule has 1 heterocycles. The highest BCUT2D eigenvalue weighted by Gasteiger charge is 2.62. The van der Waals surface area contributed by atoms with Crippen molar-refractivity contribution in [2.45, 2.75) is 45.8 Å². The Hall–Kier alpha value is -1.00. The number of rotatable bonds is 0. The summed E-state index contributed by atoms with van der Waals surface area (Å²) in [7, 11) is 0. The molecule has 0 N–H and O–H groups in total. The summed E-state index contributed by atoms with van der Waals surface area (Å²) in [6.45, 7) is 6.92. The van der Waals surface area contributed by atoms with E-state index >= 15 is 0 Å². The largest absolute Gasteiger partial charge is 0.346 e. The summed E-state index contributed by atoms with van der Waals surface area (Å²) in [5.41, 5.74) is -0.102. The third-order valence-electron chi connectivity index (χ3n) is 5.12. The van der Waals surface area contributed by atoms with Crippen molar-refractivity contribution in [2.24, 2.45) is 10.8 Å². The molecule has 1 spiro atoms. The van der Waals surface area contributed by atoms with E-state index in [9.17, 15) is 9.59 Å². The van der Waals surface area contributed by atoms with Crippen LogP contribution in [0.1, 0.15) is 40.0 Å². The SMILES string of the molecule is CC1(C)C(=O)CCC2(C)C1=CC(=O)CC21OCCO1. The van der Waals surface area contributed by atoms with Crippen LogP contribution < -0.4 is 0 Å². The van der Waals surface area contributed by atoms with E-state index in [0.29, 0.717) is 26.1 Å². The fraction of sp³-hybridized carbons (Fsp3) is 0.733. The Labute approximate surface area is 113 Å². The van der Waals surface area contributed by atoms with Gasteiger partial charge >= 0.3 is 0 Å². The van der Waals surface area contributed by atoms with E-state index in [4.69, 9.17) is 9.47 Å². The lowest BCUT2D eigenvalue weighted by atomic mass is 9.54. The summed E-state index contributed by atoms with van der Waals surface area (Å²) < 4.78 is 11.7. The monoisotopic (exact) mass is 264 g/mol. The average molecular weight is 264 g/mol. The first-order valence-corrected chi connectivity index (χ1v) is 6.89. The molecule has 0 aromatic carbocycles. The van der Waals surface area contributed by atoms with Gasteiger partial charge in [-0.3, -0.25) is 9.59 Å². The van der Waals surface area contributed by atoms with Crippen LogP contribution >= 0.6 is 0 Å². The van der Waals surface area contributed by atoms with Crippen molar-refractivity contribution in [3.63, 3.8) is 0 Å². The van der Waals surface area contributed by atoms with Crippen molar-refractivity contribution in [1.29, 1.82) is 0 Å². The van der Waals surface area contributed by atoms with Gasteiger partial charge in [-0.05, 0) is 31.9 Å². The van der Waals surface area contributed by atoms with Crippen molar-refractivity contribution in [2.75, 3.05) is 13.2 Å². The van der Waals surface area contributed by atoms with Crippen LogP contribution in [0.5, 0.6) is 0 Å². The van der Waals surface area contributed by atoms with Crippen LogP contribution in [-0.4, -0.2) is 30.6 Å². The minimum Gasteiger partial charge on any atom is -0.346 e. The molecule has 1 unspecified atom stereocenters. The summed E-state index contributed by atoms with van der Waals surface area (Å²) in [6, 6.07) is 0. The topological polar surface area (TPSA) is 52.6 Å². The molecule has 0 aromatic rings. The van der Waals surface area contributed by atoms with Crippen LogP contribution in [0.4, 0.5) is 0 Å². The fourth-order valence-corrected chi connectivity index (χ4v) is 3.90. The molecule has 104 valence electrons. The second-order valence-electron chi connectivity index (χ2n) is 6.53. The Morgan fingerprint density at radius 1 is 1.11 bits per heavy atom. The molecule has 0 bridgehead atoms. The summed E-state index contributed by atoms with van der Waals surface area (Å²) in [4.78, 5) is 24.3. The van der Waals surface area contributed by atoms with E-state index < -0.39 is 11.2 Å². The van der Waals surface area contributed by atoms with E-state index in [-0.39, 0.29) is 23.4 Å². The number of carbonyl (C=O) groups is 2. The van der Waals surface area contributed by atoms with Crippen molar-refractivity contribution >= 4 is 11.6 Å². The third-order valence-corrected chi connectivity index (χ3v) is 5.12. The number of allylic oxidation sites excluding steroid dienone is 1. The molecule has 1 aliphatic heterocycles. The van der Waals surface area contributed by atoms with Crippen LogP contribution in [-0.2, 0) is 19.1 Å². The number of carbonyl (C=O) groups excluding carboxylic acids is 2. The quantitative estimate of drug-likeness (QED) is 0.671. The molecule has 4 heteroatoms. The predicted octanol–water partition coefficient (Wildman–Crippen LogP) is 2.02. The lowest BCUT2D eigenvalue weighted by Gasteiger charge is -2.54. The number of ketones is 2. The highest BCUT2D eigenvalue weighted by Crippen LogP contribution is 2.59. The number of Topliss-reactive ketones (excluding diaryl/α,β-unsaturated/α-hetero) is 1. The molecule has 1 atom stereocenters. The Kier molecular flexibility index (Phi) is 2.58. The minimum absolute atomic E-state index is 0.00264. The molecule has 4 nitrogen and oxygen atoms in total. The summed E-state index contributed by atoms with van der Waals surface area (Å²) in [6.07, 6.45) is 3.13. The molecule has 19 heavy (non-hydrogen) atoms. The first-order valence-electron chi connectivity index (χ1n) is 6.89. The molecule has 0 radical (unpaired) electrons. The van der Waals surface area contributed by atoms with Crippen LogP contribution in [0.3, 0.4) is 0 Å². The van der Waals surface area contributed by atoms with Gasteiger partial charge in [0.15, 0.2) is 11.6 Å². The van der Waals surface area contributed by atoms with Gasteiger partial charge < -0.3 is 9.47 Å². The standard InChI is InChI=1S/C15H20O4/c1-13(2)11-8-10(16)9-15(18-6-7-19-15)14(11,3)5-4-12(13)17/h8H,4-7,9H2,1-3H3. The molecule has 2 aliphatic carbocycles. The molecule has 1 saturated heterocycles. The second kappa shape index (κ2) is 3.76. The van der Waals surface area contributed by atoms with Gasteiger partial charge in [-0.2, -0.15) is 0 Å². The maximum Gasteiger partial charge on any atom is 0.184 e. The lowest BCUT2D eigenvalue weighted by molar-refractivity contribution is -0.233. The molecule has 0 amide bonds. The van der Waals surface area contributed by atoms with E-state index in [1.165, 1.54) is 0 Å². The number of hydrogen-bond acceptors (Lipinski definition) is 4. The van der Waals surface area contributed by atoms with Crippen molar-refractivity contribution < 1.29 is 19.1 Å². The number of hydrogen-bond donors (Lipinski definition) is 0. The Morgan fingerprint density at radius 3 is 2.37 bits per heavy atom. The van der Waals surface area contributed by atoms with Crippen LogP contribution in [0, 0.1) is 10.8 Å². The lowest BCUT2D eigenvalue weighted by Crippen LogP contribution is -2.58. The molecule has 0 aromatic heterocycles. The molecule has 2 fully saturated rings. The van der Waals surface area contributed by atoms with Crippen molar-refractivity contribution in [3.8, 4) is 0 Å². The first-order chi connectivity index (χ1) is 8.82. The second-order valence-corrected chi connectivity index (χ2v) is 6.53. The number of ether oxygens (including phenoxy) is 2. The van der Waals surface area contributed by atoms with Gasteiger partial charge in [-0.25, -0.2) is 0 Å². The predicted molar refractivity (Wildman–Crippen MR) is 68.5 cm³/mol. The molecule has 3 aliphatic rings. The minimum atomic E-state index is -0.855.